The summed E-state index contributed by atoms with van der Waals surface area (Å²) < 4.78 is 27.3. The van der Waals surface area contributed by atoms with Crippen molar-refractivity contribution in [1.82, 2.24) is 4.90 Å². The first-order valence-corrected chi connectivity index (χ1v) is 6.18. The number of imide groups is 1. The highest BCUT2D eigenvalue weighted by molar-refractivity contribution is 6.23. The van der Waals surface area contributed by atoms with E-state index in [1.807, 2.05) is 0 Å². The van der Waals surface area contributed by atoms with Gasteiger partial charge in [-0.3, -0.25) is 14.5 Å². The van der Waals surface area contributed by atoms with Crippen LogP contribution in [-0.2, 0) is 6.54 Å². The topological polar surface area (TPSA) is 63.4 Å². The summed E-state index contributed by atoms with van der Waals surface area (Å²) in [5.74, 6) is -2.86. The Kier molecular flexibility index (Phi) is 2.94. The second-order valence-corrected chi connectivity index (χ2v) is 4.67. The average molecular weight is 288 g/mol. The van der Waals surface area contributed by atoms with Gasteiger partial charge in [0, 0.05) is 11.3 Å². The molecule has 0 fully saturated rings. The number of hydrogen-bond acceptors (Lipinski definition) is 3. The number of hydrogen-bond donors (Lipinski definition) is 1. The third-order valence-electron chi connectivity index (χ3n) is 3.41. The Morgan fingerprint density at radius 2 is 1.57 bits per heavy atom. The lowest BCUT2D eigenvalue weighted by molar-refractivity contribution is 0.0640. The number of fused-ring (bicyclic) bond motifs is 1. The molecule has 2 aromatic rings. The second-order valence-electron chi connectivity index (χ2n) is 4.67. The van der Waals surface area contributed by atoms with Crippen LogP contribution in [0.5, 0.6) is 0 Å². The molecule has 3 rings (SSSR count). The molecular weight excluding hydrogens is 278 g/mol. The fraction of sp³-hybridized carbons (Fsp3) is 0.0667. The van der Waals surface area contributed by atoms with E-state index in [0.29, 0.717) is 0 Å². The fourth-order valence-electron chi connectivity index (χ4n) is 2.34. The van der Waals surface area contributed by atoms with Gasteiger partial charge in [-0.15, -0.1) is 0 Å². The van der Waals surface area contributed by atoms with Crippen LogP contribution in [0.4, 0.5) is 14.5 Å². The first-order valence-electron chi connectivity index (χ1n) is 6.18. The number of halogens is 2. The summed E-state index contributed by atoms with van der Waals surface area (Å²) in [5.41, 5.74) is 5.77. The molecule has 0 radical (unpaired) electrons. The molecule has 0 saturated heterocycles. The van der Waals surface area contributed by atoms with E-state index in [4.69, 9.17) is 5.73 Å². The van der Waals surface area contributed by atoms with Crippen LogP contribution in [0.2, 0.25) is 0 Å². The monoisotopic (exact) mass is 288 g/mol. The van der Waals surface area contributed by atoms with Crippen molar-refractivity contribution in [3.63, 3.8) is 0 Å². The van der Waals surface area contributed by atoms with E-state index in [-0.39, 0.29) is 22.4 Å². The number of anilines is 1. The summed E-state index contributed by atoms with van der Waals surface area (Å²) in [6.07, 6.45) is 0. The predicted molar refractivity (Wildman–Crippen MR) is 71.4 cm³/mol. The van der Waals surface area contributed by atoms with E-state index in [0.717, 1.165) is 17.0 Å². The third-order valence-corrected chi connectivity index (χ3v) is 3.41. The maximum absolute atomic E-state index is 13.7. The lowest BCUT2D eigenvalue weighted by atomic mass is 10.1. The van der Waals surface area contributed by atoms with Gasteiger partial charge in [0.05, 0.1) is 17.7 Å². The minimum atomic E-state index is -0.806. The summed E-state index contributed by atoms with van der Waals surface area (Å²) in [6.45, 7) is -0.468. The maximum atomic E-state index is 13.7. The zero-order chi connectivity index (χ0) is 15.1. The first-order chi connectivity index (χ1) is 10.0. The van der Waals surface area contributed by atoms with Crippen molar-refractivity contribution in [2.75, 3.05) is 5.73 Å². The van der Waals surface area contributed by atoms with E-state index >= 15 is 0 Å². The predicted octanol–water partition coefficient (Wildman–Crippen LogP) is 2.34. The van der Waals surface area contributed by atoms with Gasteiger partial charge >= 0.3 is 0 Å². The lowest BCUT2D eigenvalue weighted by Gasteiger charge is -2.14. The first kappa shape index (κ1) is 13.2. The maximum Gasteiger partial charge on any atom is 0.263 e. The average Bonchev–Trinajstić information content (AvgIpc) is 2.68. The van der Waals surface area contributed by atoms with Crippen LogP contribution in [0.15, 0.2) is 36.4 Å². The molecule has 1 aliphatic rings. The Balaban J connectivity index is 2.01. The van der Waals surface area contributed by atoms with Gasteiger partial charge in [0.2, 0.25) is 0 Å². The number of carbonyl (C=O) groups excluding carboxylic acids is 2. The van der Waals surface area contributed by atoms with Crippen molar-refractivity contribution in [2.24, 2.45) is 0 Å². The molecule has 21 heavy (non-hydrogen) atoms. The highest BCUT2D eigenvalue weighted by atomic mass is 19.1. The molecule has 0 aromatic heterocycles. The molecule has 2 amide bonds. The smallest absolute Gasteiger partial charge is 0.263 e. The van der Waals surface area contributed by atoms with Crippen molar-refractivity contribution in [3.8, 4) is 0 Å². The number of nitrogen functional groups attached to an aromatic ring is 1. The number of benzene rings is 2. The van der Waals surface area contributed by atoms with E-state index < -0.39 is 30.0 Å². The molecular formula is C15H10F2N2O2. The van der Waals surface area contributed by atoms with E-state index in [1.165, 1.54) is 18.2 Å². The summed E-state index contributed by atoms with van der Waals surface area (Å²) >= 11 is 0. The largest absolute Gasteiger partial charge is 0.398 e. The highest BCUT2D eigenvalue weighted by Gasteiger charge is 2.37. The molecule has 0 saturated carbocycles. The van der Waals surface area contributed by atoms with Crippen LogP contribution < -0.4 is 5.73 Å². The van der Waals surface area contributed by atoms with Gasteiger partial charge in [-0.1, -0.05) is 12.1 Å². The number of amides is 2. The summed E-state index contributed by atoms with van der Waals surface area (Å²) in [5, 5.41) is 0. The molecule has 2 N–H and O–H groups in total. The molecule has 0 spiro atoms. The highest BCUT2D eigenvalue weighted by Crippen LogP contribution is 2.29. The van der Waals surface area contributed by atoms with E-state index in [9.17, 15) is 18.4 Å². The van der Waals surface area contributed by atoms with E-state index in [2.05, 4.69) is 0 Å². The molecule has 1 heterocycles. The van der Waals surface area contributed by atoms with Crippen molar-refractivity contribution in [2.45, 2.75) is 6.54 Å². The Morgan fingerprint density at radius 1 is 0.952 bits per heavy atom. The van der Waals surface area contributed by atoms with E-state index in [1.54, 1.807) is 6.07 Å². The summed E-state index contributed by atoms with van der Waals surface area (Å²) in [6, 6.07) is 7.87. The lowest BCUT2D eigenvalue weighted by Crippen LogP contribution is -2.30. The quantitative estimate of drug-likeness (QED) is 0.681. The van der Waals surface area contributed by atoms with Crippen LogP contribution in [0.3, 0.4) is 0 Å². The van der Waals surface area contributed by atoms with Crippen LogP contribution in [0.1, 0.15) is 26.3 Å². The molecule has 106 valence electrons. The minimum Gasteiger partial charge on any atom is -0.398 e. The van der Waals surface area contributed by atoms with Gasteiger partial charge < -0.3 is 5.73 Å². The van der Waals surface area contributed by atoms with Crippen LogP contribution >= 0.6 is 0 Å². The molecule has 2 aromatic carbocycles. The number of nitrogens with two attached hydrogens (primary N) is 1. The van der Waals surface area contributed by atoms with Gasteiger partial charge in [0.1, 0.15) is 11.6 Å². The van der Waals surface area contributed by atoms with Crippen molar-refractivity contribution < 1.29 is 18.4 Å². The van der Waals surface area contributed by atoms with Crippen LogP contribution in [0, 0.1) is 11.6 Å². The van der Waals surface area contributed by atoms with Gasteiger partial charge in [0.25, 0.3) is 11.8 Å². The van der Waals surface area contributed by atoms with Crippen molar-refractivity contribution >= 4 is 17.5 Å². The molecule has 0 bridgehead atoms. The SMILES string of the molecule is Nc1cccc2c1C(=O)N(Cc1c(F)cccc1F)C2=O. The Bertz CT molecular complexity index is 754. The van der Waals surface area contributed by atoms with Gasteiger partial charge in [-0.2, -0.15) is 0 Å². The summed E-state index contributed by atoms with van der Waals surface area (Å²) in [7, 11) is 0. The molecule has 0 unspecified atom stereocenters. The third kappa shape index (κ3) is 1.96. The molecule has 6 heteroatoms. The van der Waals surface area contributed by atoms with Gasteiger partial charge in [-0.05, 0) is 24.3 Å². The summed E-state index contributed by atoms with van der Waals surface area (Å²) in [4.78, 5) is 25.2. The molecule has 0 aliphatic carbocycles. The number of carbonyl (C=O) groups is 2. The fourth-order valence-corrected chi connectivity index (χ4v) is 2.34. The minimum absolute atomic E-state index is 0.0826. The zero-order valence-electron chi connectivity index (χ0n) is 10.8. The van der Waals surface area contributed by atoms with Gasteiger partial charge in [0.15, 0.2) is 0 Å². The molecule has 4 nitrogen and oxygen atoms in total. The second kappa shape index (κ2) is 4.66. The molecule has 1 aliphatic heterocycles. The molecule has 0 atom stereocenters. The van der Waals surface area contributed by atoms with Crippen molar-refractivity contribution in [3.05, 3.63) is 64.7 Å². The normalized spacial score (nSPS) is 13.7. The Morgan fingerprint density at radius 3 is 2.19 bits per heavy atom. The van der Waals surface area contributed by atoms with Crippen LogP contribution in [-0.4, -0.2) is 16.7 Å². The number of rotatable bonds is 2. The van der Waals surface area contributed by atoms with Crippen molar-refractivity contribution in [1.29, 1.82) is 0 Å². The zero-order valence-corrected chi connectivity index (χ0v) is 10.8. The van der Waals surface area contributed by atoms with Crippen LogP contribution in [0.25, 0.3) is 0 Å². The Labute approximate surface area is 118 Å². The Hall–Kier alpha value is -2.76. The standard InChI is InChI=1S/C15H10F2N2O2/c16-10-4-2-5-11(17)9(10)7-19-14(20)8-3-1-6-12(18)13(8)15(19)21/h1-6H,7,18H2. The van der Waals surface area contributed by atoms with Gasteiger partial charge in [-0.25, -0.2) is 8.78 Å². The number of nitrogens with zero attached hydrogens (tertiary/aromatic N) is 1.